The van der Waals surface area contributed by atoms with Crippen LogP contribution in [0.5, 0.6) is 5.75 Å². The summed E-state index contributed by atoms with van der Waals surface area (Å²) in [6.07, 6.45) is 7.41. The van der Waals surface area contributed by atoms with Crippen molar-refractivity contribution in [3.63, 3.8) is 0 Å². The van der Waals surface area contributed by atoms with E-state index in [1.54, 1.807) is 6.33 Å². The van der Waals surface area contributed by atoms with Crippen molar-refractivity contribution in [3.05, 3.63) is 41.9 Å². The SMILES string of the molecule is NC(=O)COc1ccc(S(=O)(=O)NC2CCN(c3ncnc4c3CCCC4)CC2)cc1. The summed E-state index contributed by atoms with van der Waals surface area (Å²) in [4.78, 5) is 22.2. The molecule has 0 radical (unpaired) electrons. The molecular weight excluding hydrogens is 418 g/mol. The molecule has 4 rings (SSSR count). The molecule has 31 heavy (non-hydrogen) atoms. The number of nitrogens with zero attached hydrogens (tertiary/aromatic N) is 3. The minimum absolute atomic E-state index is 0.135. The summed E-state index contributed by atoms with van der Waals surface area (Å²) in [5.74, 6) is 0.809. The molecule has 0 unspecified atom stereocenters. The zero-order valence-corrected chi connectivity index (χ0v) is 18.1. The average molecular weight is 446 g/mol. The van der Waals surface area contributed by atoms with Crippen LogP contribution in [0.15, 0.2) is 35.5 Å². The molecule has 1 aromatic carbocycles. The number of primary amides is 1. The summed E-state index contributed by atoms with van der Waals surface area (Å²) >= 11 is 0. The number of rotatable bonds is 7. The zero-order valence-electron chi connectivity index (χ0n) is 17.3. The number of benzene rings is 1. The number of anilines is 1. The first-order chi connectivity index (χ1) is 14.9. The number of hydrogen-bond acceptors (Lipinski definition) is 7. The molecule has 10 heteroatoms. The number of amides is 1. The van der Waals surface area contributed by atoms with Crippen molar-refractivity contribution in [2.45, 2.75) is 49.5 Å². The van der Waals surface area contributed by atoms with E-state index in [2.05, 4.69) is 19.6 Å². The van der Waals surface area contributed by atoms with E-state index in [9.17, 15) is 13.2 Å². The summed E-state index contributed by atoms with van der Waals surface area (Å²) in [6.45, 7) is 1.24. The lowest BCUT2D eigenvalue weighted by Crippen LogP contribution is -2.45. The van der Waals surface area contributed by atoms with Crippen LogP contribution in [0.3, 0.4) is 0 Å². The van der Waals surface area contributed by atoms with Crippen LogP contribution in [0.4, 0.5) is 5.82 Å². The number of aryl methyl sites for hydroxylation is 1. The second kappa shape index (κ2) is 9.19. The maximum absolute atomic E-state index is 12.8. The number of aromatic nitrogens is 2. The molecule has 2 heterocycles. The van der Waals surface area contributed by atoms with Crippen molar-refractivity contribution in [3.8, 4) is 5.75 Å². The predicted octanol–water partition coefficient (Wildman–Crippen LogP) is 1.17. The van der Waals surface area contributed by atoms with Crippen molar-refractivity contribution in [1.29, 1.82) is 0 Å². The lowest BCUT2D eigenvalue weighted by atomic mass is 9.95. The molecule has 1 aromatic heterocycles. The highest BCUT2D eigenvalue weighted by Crippen LogP contribution is 2.29. The normalized spacial score (nSPS) is 17.2. The summed E-state index contributed by atoms with van der Waals surface area (Å²) in [5.41, 5.74) is 7.45. The minimum Gasteiger partial charge on any atom is -0.484 e. The van der Waals surface area contributed by atoms with E-state index in [4.69, 9.17) is 10.5 Å². The molecule has 0 atom stereocenters. The third-order valence-corrected chi connectivity index (χ3v) is 7.27. The van der Waals surface area contributed by atoms with Gasteiger partial charge in [0.25, 0.3) is 5.91 Å². The van der Waals surface area contributed by atoms with Crippen molar-refractivity contribution in [2.24, 2.45) is 5.73 Å². The fourth-order valence-electron chi connectivity index (χ4n) is 4.14. The van der Waals surface area contributed by atoms with Gasteiger partial charge in [-0.3, -0.25) is 4.79 Å². The first kappa shape index (κ1) is 21.5. The van der Waals surface area contributed by atoms with Gasteiger partial charge in [-0.1, -0.05) is 0 Å². The first-order valence-corrected chi connectivity index (χ1v) is 12.0. The molecule has 2 aliphatic rings. The fraction of sp³-hybridized carbons (Fsp3) is 0.476. The number of fused-ring (bicyclic) bond motifs is 1. The number of ether oxygens (including phenoxy) is 1. The van der Waals surface area contributed by atoms with Gasteiger partial charge in [-0.2, -0.15) is 0 Å². The van der Waals surface area contributed by atoms with Gasteiger partial charge in [0.1, 0.15) is 17.9 Å². The molecule has 166 valence electrons. The van der Waals surface area contributed by atoms with Crippen LogP contribution in [0, 0.1) is 0 Å². The second-order valence-electron chi connectivity index (χ2n) is 7.94. The average Bonchev–Trinajstić information content (AvgIpc) is 2.78. The topological polar surface area (TPSA) is 128 Å². The maximum Gasteiger partial charge on any atom is 0.255 e. The largest absolute Gasteiger partial charge is 0.484 e. The van der Waals surface area contributed by atoms with Crippen molar-refractivity contribution < 1.29 is 17.9 Å². The third-order valence-electron chi connectivity index (χ3n) is 5.73. The molecule has 1 fully saturated rings. The first-order valence-electron chi connectivity index (χ1n) is 10.5. The van der Waals surface area contributed by atoms with Gasteiger partial charge in [0, 0.05) is 30.4 Å². The minimum atomic E-state index is -3.65. The van der Waals surface area contributed by atoms with Crippen LogP contribution in [0.2, 0.25) is 0 Å². The Morgan fingerprint density at radius 1 is 1.13 bits per heavy atom. The Morgan fingerprint density at radius 3 is 2.55 bits per heavy atom. The summed E-state index contributed by atoms with van der Waals surface area (Å²) < 4.78 is 33.5. The lowest BCUT2D eigenvalue weighted by Gasteiger charge is -2.34. The maximum atomic E-state index is 12.8. The monoisotopic (exact) mass is 445 g/mol. The van der Waals surface area contributed by atoms with Gasteiger partial charge in [-0.25, -0.2) is 23.1 Å². The number of nitrogens with two attached hydrogens (primary N) is 1. The Hall–Kier alpha value is -2.72. The number of piperidine rings is 1. The molecule has 0 bridgehead atoms. The molecule has 1 aliphatic heterocycles. The number of hydrogen-bond donors (Lipinski definition) is 2. The van der Waals surface area contributed by atoms with Crippen molar-refractivity contribution >= 4 is 21.7 Å². The van der Waals surface area contributed by atoms with Gasteiger partial charge in [0.2, 0.25) is 10.0 Å². The number of carbonyl (C=O) groups excluding carboxylic acids is 1. The van der Waals surface area contributed by atoms with Gasteiger partial charge in [-0.15, -0.1) is 0 Å². The molecule has 3 N–H and O–H groups in total. The van der Waals surface area contributed by atoms with E-state index >= 15 is 0 Å². The third kappa shape index (κ3) is 5.13. The van der Waals surface area contributed by atoms with E-state index in [1.165, 1.54) is 36.2 Å². The van der Waals surface area contributed by atoms with Gasteiger partial charge in [0.05, 0.1) is 4.90 Å². The molecule has 0 spiro atoms. The van der Waals surface area contributed by atoms with Crippen LogP contribution in [-0.4, -0.2) is 50.0 Å². The van der Waals surface area contributed by atoms with E-state index in [1.807, 2.05) is 0 Å². The van der Waals surface area contributed by atoms with Crippen LogP contribution in [0.1, 0.15) is 36.9 Å². The second-order valence-corrected chi connectivity index (χ2v) is 9.65. The van der Waals surface area contributed by atoms with E-state index in [0.29, 0.717) is 18.6 Å². The van der Waals surface area contributed by atoms with Crippen molar-refractivity contribution in [1.82, 2.24) is 14.7 Å². The van der Waals surface area contributed by atoms with Gasteiger partial charge >= 0.3 is 0 Å². The van der Waals surface area contributed by atoms with Crippen LogP contribution in [-0.2, 0) is 27.7 Å². The van der Waals surface area contributed by atoms with Gasteiger partial charge in [-0.05, 0) is 62.8 Å². The number of carbonyl (C=O) groups is 1. The molecule has 9 nitrogen and oxygen atoms in total. The highest BCUT2D eigenvalue weighted by molar-refractivity contribution is 7.89. The summed E-state index contributed by atoms with van der Waals surface area (Å²) in [7, 11) is -3.65. The highest BCUT2D eigenvalue weighted by atomic mass is 32.2. The number of nitrogens with one attached hydrogen (secondary N) is 1. The zero-order chi connectivity index (χ0) is 21.8. The van der Waals surface area contributed by atoms with Gasteiger partial charge in [0.15, 0.2) is 6.61 Å². The Bertz CT molecular complexity index is 1030. The predicted molar refractivity (Wildman–Crippen MR) is 115 cm³/mol. The quantitative estimate of drug-likeness (QED) is 0.655. The van der Waals surface area contributed by atoms with Gasteiger partial charge < -0.3 is 15.4 Å². The molecule has 0 saturated carbocycles. The Balaban J connectivity index is 1.36. The Morgan fingerprint density at radius 2 is 1.84 bits per heavy atom. The molecule has 1 aliphatic carbocycles. The molecular formula is C21H27N5O4S. The lowest BCUT2D eigenvalue weighted by molar-refractivity contribution is -0.119. The highest BCUT2D eigenvalue weighted by Gasteiger charge is 2.27. The Kier molecular flexibility index (Phi) is 6.38. The smallest absolute Gasteiger partial charge is 0.255 e. The van der Waals surface area contributed by atoms with Crippen molar-refractivity contribution in [2.75, 3.05) is 24.6 Å². The number of sulfonamides is 1. The van der Waals surface area contributed by atoms with Crippen LogP contribution >= 0.6 is 0 Å². The summed E-state index contributed by atoms with van der Waals surface area (Å²) in [5, 5.41) is 0. The standard InChI is InChI=1S/C21H27N5O4S/c22-20(27)13-30-16-5-7-17(8-6-16)31(28,29)25-15-9-11-26(12-10-15)21-18-3-1-2-4-19(18)23-14-24-21/h5-8,14-15,25H,1-4,9-13H2,(H2,22,27). The van der Waals surface area contributed by atoms with E-state index in [-0.39, 0.29) is 17.5 Å². The molecule has 1 amide bonds. The fourth-order valence-corrected chi connectivity index (χ4v) is 5.45. The summed E-state index contributed by atoms with van der Waals surface area (Å²) in [6, 6.07) is 5.81. The van der Waals surface area contributed by atoms with E-state index < -0.39 is 15.9 Å². The van der Waals surface area contributed by atoms with Crippen LogP contribution in [0.25, 0.3) is 0 Å². The molecule has 1 saturated heterocycles. The van der Waals surface area contributed by atoms with Crippen LogP contribution < -0.4 is 20.1 Å². The Labute approximate surface area is 182 Å². The molecule has 2 aromatic rings. The van der Waals surface area contributed by atoms with E-state index in [0.717, 1.165) is 43.9 Å².